The zero-order valence-corrected chi connectivity index (χ0v) is 31.4. The first-order chi connectivity index (χ1) is 28.3. The highest BCUT2D eigenvalue weighted by Gasteiger charge is 2.23. The van der Waals surface area contributed by atoms with Gasteiger partial charge in [-0.15, -0.1) is 11.3 Å². The van der Waals surface area contributed by atoms with E-state index in [1.54, 1.807) is 0 Å². The molecule has 0 aliphatic rings. The summed E-state index contributed by atoms with van der Waals surface area (Å²) in [5.41, 5.74) is 9.55. The van der Waals surface area contributed by atoms with Gasteiger partial charge in [-0.05, 0) is 65.7 Å². The normalized spacial score (nSPS) is 11.9. The Kier molecular flexibility index (Phi) is 7.03. The molecule has 12 aromatic rings. The lowest BCUT2D eigenvalue weighted by Crippen LogP contribution is -2.07. The van der Waals surface area contributed by atoms with Crippen LogP contribution in [-0.2, 0) is 0 Å². The highest BCUT2D eigenvalue weighted by molar-refractivity contribution is 7.25. The molecule has 0 N–H and O–H groups in total. The Bertz CT molecular complexity index is 3520. The van der Waals surface area contributed by atoms with E-state index in [4.69, 9.17) is 15.0 Å². The van der Waals surface area contributed by atoms with Crippen LogP contribution in [0.2, 0.25) is 0 Å². The number of hydrogen-bond donors (Lipinski definition) is 0. The van der Waals surface area contributed by atoms with Crippen LogP contribution in [-0.4, -0.2) is 24.1 Å². The quantitative estimate of drug-likeness (QED) is 0.176. The lowest BCUT2D eigenvalue weighted by molar-refractivity contribution is 0.953. The Hall–Kier alpha value is -7.41. The molecule has 0 amide bonds. The van der Waals surface area contributed by atoms with E-state index in [1.807, 2.05) is 17.4 Å². The van der Waals surface area contributed by atoms with Crippen molar-refractivity contribution in [3.8, 4) is 45.5 Å². The monoisotopic (exact) mass is 745 g/mol. The molecule has 0 aliphatic carbocycles. The summed E-state index contributed by atoms with van der Waals surface area (Å²) in [4.78, 5) is 16.1. The number of fused-ring (bicyclic) bond motifs is 10. The molecule has 0 saturated carbocycles. The molecule has 0 atom stereocenters. The van der Waals surface area contributed by atoms with E-state index in [2.05, 4.69) is 191 Å². The number of thiophene rings is 1. The van der Waals surface area contributed by atoms with E-state index in [-0.39, 0.29) is 0 Å². The van der Waals surface area contributed by atoms with Crippen LogP contribution < -0.4 is 0 Å². The Morgan fingerprint density at radius 1 is 0.333 bits per heavy atom. The van der Waals surface area contributed by atoms with E-state index in [0.29, 0.717) is 17.6 Å². The molecule has 12 rings (SSSR count). The summed E-state index contributed by atoms with van der Waals surface area (Å²) in [7, 11) is 0. The summed E-state index contributed by atoms with van der Waals surface area (Å²) in [5.74, 6) is 1.81. The maximum atomic E-state index is 5.42. The van der Waals surface area contributed by atoms with Gasteiger partial charge in [0.05, 0.1) is 22.1 Å². The van der Waals surface area contributed by atoms with Crippen molar-refractivity contribution in [1.29, 1.82) is 0 Å². The van der Waals surface area contributed by atoms with Crippen LogP contribution in [0.5, 0.6) is 0 Å². The lowest BCUT2D eigenvalue weighted by Gasteiger charge is -2.13. The molecule has 4 aromatic heterocycles. The summed E-state index contributed by atoms with van der Waals surface area (Å²) in [6, 6.07) is 66.6. The first-order valence-corrected chi connectivity index (χ1v) is 19.9. The fourth-order valence-electron chi connectivity index (χ4n) is 8.61. The van der Waals surface area contributed by atoms with E-state index in [1.165, 1.54) is 30.9 Å². The van der Waals surface area contributed by atoms with Gasteiger partial charge in [0, 0.05) is 58.5 Å². The summed E-state index contributed by atoms with van der Waals surface area (Å²) in [6.45, 7) is 0. The van der Waals surface area contributed by atoms with Gasteiger partial charge in [-0.25, -0.2) is 4.98 Å². The third-order valence-electron chi connectivity index (χ3n) is 11.2. The van der Waals surface area contributed by atoms with Crippen molar-refractivity contribution < 1.29 is 0 Å². The predicted molar refractivity (Wildman–Crippen MR) is 238 cm³/mol. The minimum absolute atomic E-state index is 0.568. The van der Waals surface area contributed by atoms with Crippen LogP contribution in [0.3, 0.4) is 0 Å². The number of rotatable bonds is 5. The molecule has 4 heterocycles. The van der Waals surface area contributed by atoms with Crippen molar-refractivity contribution in [1.82, 2.24) is 24.1 Å². The summed E-state index contributed by atoms with van der Waals surface area (Å²) < 4.78 is 7.16. The average molecular weight is 746 g/mol. The van der Waals surface area contributed by atoms with Crippen LogP contribution in [0.4, 0.5) is 0 Å². The van der Waals surface area contributed by atoms with E-state index >= 15 is 0 Å². The first kappa shape index (κ1) is 31.9. The second-order valence-corrected chi connectivity index (χ2v) is 15.5. The molecule has 0 saturated heterocycles. The zero-order chi connectivity index (χ0) is 37.5. The van der Waals surface area contributed by atoms with Crippen molar-refractivity contribution in [2.75, 3.05) is 0 Å². The number of aromatic nitrogens is 5. The number of para-hydroxylation sites is 3. The van der Waals surface area contributed by atoms with E-state index in [9.17, 15) is 0 Å². The third-order valence-corrected chi connectivity index (χ3v) is 12.3. The van der Waals surface area contributed by atoms with Crippen LogP contribution in [0.15, 0.2) is 188 Å². The van der Waals surface area contributed by atoms with E-state index < -0.39 is 0 Å². The Morgan fingerprint density at radius 3 is 1.61 bits per heavy atom. The van der Waals surface area contributed by atoms with Gasteiger partial charge in [-0.3, -0.25) is 4.57 Å². The molecular weight excluding hydrogens is 715 g/mol. The Morgan fingerprint density at radius 2 is 0.877 bits per heavy atom. The number of hydrogen-bond acceptors (Lipinski definition) is 4. The van der Waals surface area contributed by atoms with Crippen molar-refractivity contribution in [2.45, 2.75) is 0 Å². The van der Waals surface area contributed by atoms with Crippen molar-refractivity contribution in [3.05, 3.63) is 188 Å². The molecular formula is C51H31N5S. The number of nitrogens with zero attached hydrogens (tertiary/aromatic N) is 5. The zero-order valence-electron chi connectivity index (χ0n) is 30.5. The molecule has 0 fully saturated rings. The maximum absolute atomic E-state index is 5.42. The summed E-state index contributed by atoms with van der Waals surface area (Å²) in [6.07, 6.45) is 0. The Balaban J connectivity index is 1.20. The van der Waals surface area contributed by atoms with Crippen LogP contribution >= 0.6 is 11.3 Å². The molecule has 0 radical (unpaired) electrons. The standard InChI is InChI=1S/C51H31N5S/c1-3-14-32(15-4-1)33-16-13-17-34(30-33)49-52-50(35-26-29-46-42(31-35)39-22-9-12-25-45(39)57-46)54-51(53-49)56-44-24-11-8-21-38(44)41-28-27-40-37-20-7-10-23-43(37)55(47(40)48(41)56)36-18-5-2-6-19-36/h1-31H. The molecule has 266 valence electrons. The summed E-state index contributed by atoms with van der Waals surface area (Å²) >= 11 is 1.81. The summed E-state index contributed by atoms with van der Waals surface area (Å²) in [5, 5.41) is 7.09. The molecule has 0 aliphatic heterocycles. The molecule has 0 bridgehead atoms. The highest BCUT2D eigenvalue weighted by atomic mass is 32.1. The van der Waals surface area contributed by atoms with Gasteiger partial charge in [0.25, 0.3) is 0 Å². The fraction of sp³-hybridized carbons (Fsp3) is 0. The van der Waals surface area contributed by atoms with Crippen LogP contribution in [0.25, 0.3) is 109 Å². The second kappa shape index (κ2) is 12.6. The average Bonchev–Trinajstić information content (AvgIpc) is 3.94. The van der Waals surface area contributed by atoms with Crippen molar-refractivity contribution >= 4 is 75.1 Å². The van der Waals surface area contributed by atoms with Gasteiger partial charge in [0.1, 0.15) is 0 Å². The first-order valence-electron chi connectivity index (χ1n) is 19.1. The Labute approximate surface area is 331 Å². The molecule has 6 heteroatoms. The van der Waals surface area contributed by atoms with Gasteiger partial charge >= 0.3 is 0 Å². The minimum atomic E-state index is 0.568. The SMILES string of the molecule is c1ccc(-c2cccc(-c3nc(-c4ccc5sc6ccccc6c5c4)nc(-n4c5ccccc5c5ccc6c7ccccc7n(-c7ccccc7)c6c54)n3)c2)cc1. The van der Waals surface area contributed by atoms with E-state index in [0.717, 1.165) is 60.8 Å². The molecule has 0 spiro atoms. The second-order valence-electron chi connectivity index (χ2n) is 14.4. The fourth-order valence-corrected chi connectivity index (χ4v) is 9.70. The van der Waals surface area contributed by atoms with Crippen LogP contribution in [0, 0.1) is 0 Å². The molecule has 57 heavy (non-hydrogen) atoms. The number of benzene rings is 8. The van der Waals surface area contributed by atoms with Crippen molar-refractivity contribution in [2.24, 2.45) is 0 Å². The van der Waals surface area contributed by atoms with Gasteiger partial charge in [0.15, 0.2) is 11.6 Å². The molecule has 5 nitrogen and oxygen atoms in total. The molecule has 0 unspecified atom stereocenters. The predicted octanol–water partition coefficient (Wildman–Crippen LogP) is 13.4. The maximum Gasteiger partial charge on any atom is 0.238 e. The van der Waals surface area contributed by atoms with Gasteiger partial charge in [-0.2, -0.15) is 9.97 Å². The largest absolute Gasteiger partial charge is 0.307 e. The van der Waals surface area contributed by atoms with Gasteiger partial charge < -0.3 is 4.57 Å². The smallest absolute Gasteiger partial charge is 0.238 e. The van der Waals surface area contributed by atoms with Gasteiger partial charge in [-0.1, -0.05) is 133 Å². The lowest BCUT2D eigenvalue weighted by atomic mass is 10.0. The van der Waals surface area contributed by atoms with Crippen LogP contribution in [0.1, 0.15) is 0 Å². The molecule has 8 aromatic carbocycles. The van der Waals surface area contributed by atoms with Crippen molar-refractivity contribution in [3.63, 3.8) is 0 Å². The topological polar surface area (TPSA) is 48.5 Å². The van der Waals surface area contributed by atoms with Gasteiger partial charge in [0.2, 0.25) is 5.95 Å². The third kappa shape index (κ3) is 4.98. The highest BCUT2D eigenvalue weighted by Crippen LogP contribution is 2.42. The minimum Gasteiger partial charge on any atom is -0.307 e.